The van der Waals surface area contributed by atoms with Crippen LogP contribution in [0, 0.1) is 10.8 Å². The quantitative estimate of drug-likeness (QED) is 0.626. The molecule has 0 saturated carbocycles. The Hall–Kier alpha value is -0.0400. The summed E-state index contributed by atoms with van der Waals surface area (Å²) in [5.74, 6) is 0. The fraction of sp³-hybridized carbons (Fsp3) is 1.00. The van der Waals surface area contributed by atoms with Crippen LogP contribution in [0.15, 0.2) is 0 Å². The van der Waals surface area contributed by atoms with Crippen molar-refractivity contribution in [3.8, 4) is 0 Å². The van der Waals surface area contributed by atoms with Crippen molar-refractivity contribution in [2.75, 3.05) is 6.54 Å². The zero-order chi connectivity index (χ0) is 11.0. The zero-order valence-electron chi connectivity index (χ0n) is 10.8. The summed E-state index contributed by atoms with van der Waals surface area (Å²) in [5, 5.41) is 3.81. The molecule has 0 aliphatic carbocycles. The molecular formula is C13H27N. The van der Waals surface area contributed by atoms with Crippen molar-refractivity contribution in [2.24, 2.45) is 10.8 Å². The third-order valence-corrected chi connectivity index (χ3v) is 3.97. The van der Waals surface area contributed by atoms with Crippen LogP contribution in [-0.2, 0) is 0 Å². The van der Waals surface area contributed by atoms with Crippen LogP contribution >= 0.6 is 0 Å². The summed E-state index contributed by atoms with van der Waals surface area (Å²) in [6, 6.07) is 0. The van der Waals surface area contributed by atoms with Gasteiger partial charge in [-0.15, -0.1) is 0 Å². The Morgan fingerprint density at radius 2 is 1.36 bits per heavy atom. The van der Waals surface area contributed by atoms with Gasteiger partial charge in [0.05, 0.1) is 0 Å². The van der Waals surface area contributed by atoms with Crippen LogP contribution in [-0.4, -0.2) is 12.1 Å². The fourth-order valence-corrected chi connectivity index (χ4v) is 3.31. The van der Waals surface area contributed by atoms with Crippen LogP contribution < -0.4 is 5.32 Å². The van der Waals surface area contributed by atoms with Gasteiger partial charge in [-0.1, -0.05) is 48.0 Å². The Morgan fingerprint density at radius 3 is 1.57 bits per heavy atom. The molecule has 1 aliphatic heterocycles. The highest BCUT2D eigenvalue weighted by molar-refractivity contribution is 5.07. The molecule has 1 saturated heterocycles. The third kappa shape index (κ3) is 1.84. The normalized spacial score (nSPS) is 23.6. The molecule has 1 rings (SSSR count). The minimum absolute atomic E-state index is 0.304. The summed E-state index contributed by atoms with van der Waals surface area (Å²) < 4.78 is 0. The Labute approximate surface area is 89.7 Å². The molecular weight excluding hydrogens is 170 g/mol. The van der Waals surface area contributed by atoms with Gasteiger partial charge >= 0.3 is 0 Å². The summed E-state index contributed by atoms with van der Waals surface area (Å²) in [5.41, 5.74) is 0.982. The van der Waals surface area contributed by atoms with Crippen LogP contribution in [0.5, 0.6) is 0 Å². The SMILES string of the molecule is CC(C)(C)C1(C(C)(C)C)CCCCN1. The van der Waals surface area contributed by atoms with E-state index in [0.717, 1.165) is 0 Å². The predicted molar refractivity (Wildman–Crippen MR) is 63.5 cm³/mol. The molecule has 1 heteroatoms. The molecule has 0 radical (unpaired) electrons. The lowest BCUT2D eigenvalue weighted by Crippen LogP contribution is -2.64. The van der Waals surface area contributed by atoms with Gasteiger partial charge in [0, 0.05) is 5.54 Å². The molecule has 0 amide bonds. The van der Waals surface area contributed by atoms with Crippen molar-refractivity contribution in [1.29, 1.82) is 0 Å². The number of nitrogens with one attached hydrogen (secondary N) is 1. The highest BCUT2D eigenvalue weighted by Gasteiger charge is 2.50. The number of piperidine rings is 1. The van der Waals surface area contributed by atoms with Gasteiger partial charge in [-0.25, -0.2) is 0 Å². The number of hydrogen-bond acceptors (Lipinski definition) is 1. The van der Waals surface area contributed by atoms with E-state index in [2.05, 4.69) is 46.9 Å². The van der Waals surface area contributed by atoms with E-state index in [1.807, 2.05) is 0 Å². The molecule has 1 nitrogen and oxygen atoms in total. The first-order valence-corrected chi connectivity index (χ1v) is 5.96. The second-order valence-corrected chi connectivity index (χ2v) is 6.79. The maximum absolute atomic E-state index is 3.81. The lowest BCUT2D eigenvalue weighted by molar-refractivity contribution is -0.00181. The second-order valence-electron chi connectivity index (χ2n) is 6.79. The van der Waals surface area contributed by atoms with E-state index < -0.39 is 0 Å². The molecule has 84 valence electrons. The zero-order valence-corrected chi connectivity index (χ0v) is 10.8. The minimum Gasteiger partial charge on any atom is -0.310 e. The van der Waals surface area contributed by atoms with Crippen LogP contribution in [0.3, 0.4) is 0 Å². The molecule has 0 bridgehead atoms. The van der Waals surface area contributed by atoms with E-state index in [9.17, 15) is 0 Å². The van der Waals surface area contributed by atoms with Crippen LogP contribution in [0.2, 0.25) is 0 Å². The first-order chi connectivity index (χ1) is 6.21. The van der Waals surface area contributed by atoms with Gasteiger partial charge in [0.25, 0.3) is 0 Å². The minimum atomic E-state index is 0.304. The molecule has 0 spiro atoms. The van der Waals surface area contributed by atoms with Gasteiger partial charge in [0.15, 0.2) is 0 Å². The van der Waals surface area contributed by atoms with Gasteiger partial charge < -0.3 is 5.32 Å². The number of hydrogen-bond donors (Lipinski definition) is 1. The van der Waals surface area contributed by atoms with E-state index in [0.29, 0.717) is 16.4 Å². The molecule has 0 atom stereocenters. The van der Waals surface area contributed by atoms with Crippen molar-refractivity contribution in [3.05, 3.63) is 0 Å². The highest BCUT2D eigenvalue weighted by Crippen LogP contribution is 2.48. The first-order valence-electron chi connectivity index (χ1n) is 5.96. The molecule has 0 aromatic heterocycles. The molecule has 0 unspecified atom stereocenters. The maximum Gasteiger partial charge on any atom is 0.0278 e. The molecule has 0 aromatic rings. The molecule has 1 heterocycles. The average Bonchev–Trinajstić information content (AvgIpc) is 2.02. The van der Waals surface area contributed by atoms with Gasteiger partial charge in [0.1, 0.15) is 0 Å². The summed E-state index contributed by atoms with van der Waals surface area (Å²) in [6.45, 7) is 15.4. The topological polar surface area (TPSA) is 12.0 Å². The average molecular weight is 197 g/mol. The number of rotatable bonds is 0. The molecule has 0 aromatic carbocycles. The monoisotopic (exact) mass is 197 g/mol. The van der Waals surface area contributed by atoms with Crippen LogP contribution in [0.4, 0.5) is 0 Å². The Balaban J connectivity index is 3.01. The highest BCUT2D eigenvalue weighted by atomic mass is 15.0. The Kier molecular flexibility index (Phi) is 3.02. The smallest absolute Gasteiger partial charge is 0.0278 e. The molecule has 1 N–H and O–H groups in total. The van der Waals surface area contributed by atoms with Crippen molar-refractivity contribution in [2.45, 2.75) is 66.3 Å². The second kappa shape index (κ2) is 3.52. The third-order valence-electron chi connectivity index (χ3n) is 3.97. The molecule has 1 fully saturated rings. The largest absolute Gasteiger partial charge is 0.310 e. The lowest BCUT2D eigenvalue weighted by atomic mass is 9.57. The van der Waals surface area contributed by atoms with Crippen molar-refractivity contribution in [3.63, 3.8) is 0 Å². The standard InChI is InChI=1S/C13H27N/c1-11(2,3)13(12(4,5)6)9-7-8-10-14-13/h14H,7-10H2,1-6H3. The Morgan fingerprint density at radius 1 is 0.857 bits per heavy atom. The van der Waals surface area contributed by atoms with Crippen molar-refractivity contribution in [1.82, 2.24) is 5.32 Å². The maximum atomic E-state index is 3.81. The van der Waals surface area contributed by atoms with E-state index in [1.165, 1.54) is 25.8 Å². The molecule has 1 aliphatic rings. The summed E-state index contributed by atoms with van der Waals surface area (Å²) >= 11 is 0. The van der Waals surface area contributed by atoms with E-state index in [-0.39, 0.29) is 0 Å². The lowest BCUT2D eigenvalue weighted by Gasteiger charge is -2.56. The van der Waals surface area contributed by atoms with Crippen LogP contribution in [0.1, 0.15) is 60.8 Å². The van der Waals surface area contributed by atoms with E-state index in [1.54, 1.807) is 0 Å². The fourth-order valence-electron chi connectivity index (χ4n) is 3.31. The summed E-state index contributed by atoms with van der Waals surface area (Å²) in [6.07, 6.45) is 4.04. The first kappa shape index (κ1) is 12.0. The van der Waals surface area contributed by atoms with Gasteiger partial charge in [0.2, 0.25) is 0 Å². The predicted octanol–water partition coefficient (Wildman–Crippen LogP) is 3.59. The van der Waals surface area contributed by atoms with Gasteiger partial charge in [-0.2, -0.15) is 0 Å². The van der Waals surface area contributed by atoms with Gasteiger partial charge in [-0.05, 0) is 30.2 Å². The van der Waals surface area contributed by atoms with Gasteiger partial charge in [-0.3, -0.25) is 0 Å². The van der Waals surface area contributed by atoms with E-state index >= 15 is 0 Å². The summed E-state index contributed by atoms with van der Waals surface area (Å²) in [7, 11) is 0. The van der Waals surface area contributed by atoms with E-state index in [4.69, 9.17) is 0 Å². The molecule has 14 heavy (non-hydrogen) atoms. The van der Waals surface area contributed by atoms with Crippen molar-refractivity contribution >= 4 is 0 Å². The summed E-state index contributed by atoms with van der Waals surface area (Å²) in [4.78, 5) is 0. The van der Waals surface area contributed by atoms with Crippen LogP contribution in [0.25, 0.3) is 0 Å². The van der Waals surface area contributed by atoms with Crippen molar-refractivity contribution < 1.29 is 0 Å². The Bertz CT molecular complexity index is 170.